The summed E-state index contributed by atoms with van der Waals surface area (Å²) in [6.45, 7) is 2.09. The molecule has 174 valence electrons. The van der Waals surface area contributed by atoms with Gasteiger partial charge in [0.05, 0.1) is 17.5 Å². The zero-order valence-corrected chi connectivity index (χ0v) is 19.6. The Balaban J connectivity index is 1.47. The fourth-order valence-electron chi connectivity index (χ4n) is 3.15. The molecule has 2 aromatic carbocycles. The normalized spacial score (nSPS) is 10.6. The maximum absolute atomic E-state index is 12.5. The van der Waals surface area contributed by atoms with Crippen LogP contribution in [0.15, 0.2) is 60.1 Å². The number of fused-ring (bicyclic) bond motifs is 1. The smallest absolute Gasteiger partial charge is 0.489 e. The van der Waals surface area contributed by atoms with E-state index in [1.54, 1.807) is 55.5 Å². The Hall–Kier alpha value is -3.82. The highest BCUT2D eigenvalue weighted by Crippen LogP contribution is 2.37. The summed E-state index contributed by atoms with van der Waals surface area (Å²) in [4.78, 5) is 28.3. The van der Waals surface area contributed by atoms with Gasteiger partial charge in [0.25, 0.3) is 5.91 Å². The lowest BCUT2D eigenvalue weighted by atomic mass is 10.2. The minimum atomic E-state index is -0.806. The molecule has 0 atom stereocenters. The van der Waals surface area contributed by atoms with E-state index in [2.05, 4.69) is 10.3 Å². The number of ether oxygens (including phenoxy) is 3. The van der Waals surface area contributed by atoms with E-state index in [1.165, 1.54) is 17.5 Å². The summed E-state index contributed by atoms with van der Waals surface area (Å²) in [6.07, 6.45) is 0.585. The number of anilines is 2. The van der Waals surface area contributed by atoms with Gasteiger partial charge < -0.3 is 25.3 Å². The molecule has 0 aliphatic rings. The zero-order valence-electron chi connectivity index (χ0n) is 18.0. The molecule has 2 heterocycles. The van der Waals surface area contributed by atoms with Crippen LogP contribution in [-0.4, -0.2) is 23.7 Å². The number of nitrogens with zero attached hydrogens (tertiary/aromatic N) is 1. The van der Waals surface area contributed by atoms with E-state index >= 15 is 0 Å². The molecule has 0 spiro atoms. The molecular weight excluding hydrogens is 478 g/mol. The van der Waals surface area contributed by atoms with Gasteiger partial charge in [0, 0.05) is 33.3 Å². The van der Waals surface area contributed by atoms with E-state index in [0.717, 1.165) is 5.56 Å². The number of hydrogen-bond donors (Lipinski definition) is 2. The fraction of sp³-hybridized carbons (Fsp3) is 0.125. The third-order valence-corrected chi connectivity index (χ3v) is 6.01. The summed E-state index contributed by atoms with van der Waals surface area (Å²) in [5.74, 6) is 0.866. The number of amides is 1. The third kappa shape index (κ3) is 5.38. The number of halogens is 1. The summed E-state index contributed by atoms with van der Waals surface area (Å²) in [7, 11) is 0. The first kappa shape index (κ1) is 23.3. The van der Waals surface area contributed by atoms with Crippen LogP contribution in [0.25, 0.3) is 10.1 Å². The summed E-state index contributed by atoms with van der Waals surface area (Å²) >= 11 is 7.24. The van der Waals surface area contributed by atoms with Gasteiger partial charge in [0.2, 0.25) is 0 Å². The van der Waals surface area contributed by atoms with Crippen LogP contribution in [0.2, 0.25) is 5.02 Å². The standard InChI is InChI=1S/C24H20ClN3O5S/c1-2-31-24(30)33-19-11-27-22(26)20-15(13-34-21(19)20)12-32-18-5-3-4-17(10-18)28-23(29)14-6-8-16(25)9-7-14/h3-11,13H,2,12H2,1H3,(H2,26,27)(H,28,29). The minimum Gasteiger partial charge on any atom is -0.489 e. The van der Waals surface area contributed by atoms with Crippen LogP contribution in [-0.2, 0) is 11.3 Å². The average molecular weight is 498 g/mol. The quantitative estimate of drug-likeness (QED) is 0.306. The van der Waals surface area contributed by atoms with Crippen LogP contribution in [0, 0.1) is 0 Å². The molecule has 0 saturated carbocycles. The van der Waals surface area contributed by atoms with Gasteiger partial charge in [-0.3, -0.25) is 4.79 Å². The Morgan fingerprint density at radius 1 is 1.18 bits per heavy atom. The second-order valence-electron chi connectivity index (χ2n) is 7.04. The van der Waals surface area contributed by atoms with Crippen LogP contribution in [0.3, 0.4) is 0 Å². The number of nitrogens with one attached hydrogen (secondary N) is 1. The van der Waals surface area contributed by atoms with Crippen molar-refractivity contribution in [3.63, 3.8) is 0 Å². The monoisotopic (exact) mass is 497 g/mol. The summed E-state index contributed by atoms with van der Waals surface area (Å²) < 4.78 is 16.7. The van der Waals surface area contributed by atoms with Crippen molar-refractivity contribution in [1.29, 1.82) is 0 Å². The van der Waals surface area contributed by atoms with Crippen molar-refractivity contribution < 1.29 is 23.8 Å². The van der Waals surface area contributed by atoms with Crippen molar-refractivity contribution in [3.8, 4) is 11.5 Å². The Kier molecular flexibility index (Phi) is 7.15. The van der Waals surface area contributed by atoms with Crippen molar-refractivity contribution in [2.45, 2.75) is 13.5 Å². The SMILES string of the molecule is CCOC(=O)Oc1cnc(N)c2c(COc3cccc(NC(=O)c4ccc(Cl)cc4)c3)csc12. The number of pyridine rings is 1. The molecule has 0 unspecified atom stereocenters. The number of carbonyl (C=O) groups excluding carboxylic acids is 2. The van der Waals surface area contributed by atoms with Gasteiger partial charge in [-0.1, -0.05) is 17.7 Å². The molecule has 0 fully saturated rings. The fourth-order valence-corrected chi connectivity index (χ4v) is 4.29. The number of rotatable bonds is 7. The van der Waals surface area contributed by atoms with Crippen molar-refractivity contribution in [2.75, 3.05) is 17.7 Å². The molecule has 2 aromatic heterocycles. The molecule has 34 heavy (non-hydrogen) atoms. The van der Waals surface area contributed by atoms with Crippen LogP contribution >= 0.6 is 22.9 Å². The highest BCUT2D eigenvalue weighted by atomic mass is 35.5. The molecule has 4 aromatic rings. The van der Waals surface area contributed by atoms with Crippen LogP contribution in [0.4, 0.5) is 16.3 Å². The predicted octanol–water partition coefficient (Wildman–Crippen LogP) is 5.90. The first-order chi connectivity index (χ1) is 16.4. The average Bonchev–Trinajstić information content (AvgIpc) is 3.26. The largest absolute Gasteiger partial charge is 0.513 e. The van der Waals surface area contributed by atoms with Crippen molar-refractivity contribution in [1.82, 2.24) is 4.98 Å². The van der Waals surface area contributed by atoms with Gasteiger partial charge in [-0.2, -0.15) is 0 Å². The predicted molar refractivity (Wildman–Crippen MR) is 132 cm³/mol. The molecular formula is C24H20ClN3O5S. The molecule has 8 nitrogen and oxygen atoms in total. The molecule has 4 rings (SSSR count). The lowest BCUT2D eigenvalue weighted by Crippen LogP contribution is -2.11. The number of nitrogen functional groups attached to an aromatic ring is 1. The van der Waals surface area contributed by atoms with Crippen molar-refractivity contribution >= 4 is 56.6 Å². The van der Waals surface area contributed by atoms with E-state index < -0.39 is 6.16 Å². The molecule has 1 amide bonds. The molecule has 10 heteroatoms. The van der Waals surface area contributed by atoms with E-state index in [9.17, 15) is 9.59 Å². The summed E-state index contributed by atoms with van der Waals surface area (Å²) in [6, 6.07) is 13.7. The number of hydrogen-bond acceptors (Lipinski definition) is 8. The van der Waals surface area contributed by atoms with Crippen molar-refractivity contribution in [3.05, 3.63) is 76.3 Å². The Morgan fingerprint density at radius 2 is 1.97 bits per heavy atom. The third-order valence-electron chi connectivity index (χ3n) is 4.72. The molecule has 0 aliphatic carbocycles. The maximum Gasteiger partial charge on any atom is 0.513 e. The minimum absolute atomic E-state index is 0.198. The lowest BCUT2D eigenvalue weighted by molar-refractivity contribution is 0.102. The highest BCUT2D eigenvalue weighted by molar-refractivity contribution is 7.17. The molecule has 0 radical (unpaired) electrons. The summed E-state index contributed by atoms with van der Waals surface area (Å²) in [5.41, 5.74) is 7.94. The Labute approximate surface area is 204 Å². The second-order valence-corrected chi connectivity index (χ2v) is 8.35. The molecule has 3 N–H and O–H groups in total. The van der Waals surface area contributed by atoms with Crippen LogP contribution in [0.5, 0.6) is 11.5 Å². The molecule has 0 aliphatic heterocycles. The number of thiophene rings is 1. The van der Waals surface area contributed by atoms with E-state index in [0.29, 0.717) is 37.9 Å². The Bertz CT molecular complexity index is 1340. The summed E-state index contributed by atoms with van der Waals surface area (Å²) in [5, 5.41) is 5.91. The van der Waals surface area contributed by atoms with E-state index in [4.69, 9.17) is 31.5 Å². The number of nitrogens with two attached hydrogens (primary N) is 1. The van der Waals surface area contributed by atoms with Crippen molar-refractivity contribution in [2.24, 2.45) is 0 Å². The second kappa shape index (κ2) is 10.4. The first-order valence-electron chi connectivity index (χ1n) is 10.2. The van der Waals surface area contributed by atoms with Crippen LogP contribution < -0.4 is 20.5 Å². The van der Waals surface area contributed by atoms with Gasteiger partial charge in [-0.05, 0) is 48.7 Å². The van der Waals surface area contributed by atoms with Gasteiger partial charge in [0.1, 0.15) is 18.2 Å². The number of benzene rings is 2. The van der Waals surface area contributed by atoms with E-state index in [-0.39, 0.29) is 24.9 Å². The molecule has 0 saturated heterocycles. The Morgan fingerprint density at radius 3 is 2.74 bits per heavy atom. The van der Waals surface area contributed by atoms with Gasteiger partial charge >= 0.3 is 6.16 Å². The van der Waals surface area contributed by atoms with Crippen LogP contribution in [0.1, 0.15) is 22.8 Å². The van der Waals surface area contributed by atoms with E-state index in [1.807, 2.05) is 5.38 Å². The van der Waals surface area contributed by atoms with Gasteiger partial charge in [-0.15, -0.1) is 11.3 Å². The lowest BCUT2D eigenvalue weighted by Gasteiger charge is -2.10. The highest BCUT2D eigenvalue weighted by Gasteiger charge is 2.17. The topological polar surface area (TPSA) is 113 Å². The van der Waals surface area contributed by atoms with Gasteiger partial charge in [-0.25, -0.2) is 9.78 Å². The zero-order chi connectivity index (χ0) is 24.1. The molecule has 0 bridgehead atoms. The number of aromatic nitrogens is 1. The maximum atomic E-state index is 12.5. The first-order valence-corrected chi connectivity index (χ1v) is 11.5. The van der Waals surface area contributed by atoms with Gasteiger partial charge in [0.15, 0.2) is 5.75 Å². The number of carbonyl (C=O) groups is 2.